The molecule has 1 saturated carbocycles. The van der Waals surface area contributed by atoms with Crippen LogP contribution in [0.25, 0.3) is 0 Å². The number of carbonyl (C=O) groups excluding carboxylic acids is 1. The van der Waals surface area contributed by atoms with E-state index in [-0.39, 0.29) is 5.75 Å². The Hall–Kier alpha value is -1.71. The summed E-state index contributed by atoms with van der Waals surface area (Å²) in [4.78, 5) is 11.5. The van der Waals surface area contributed by atoms with Gasteiger partial charge in [0.25, 0.3) is 0 Å². The molecule has 2 rings (SSSR count). The fourth-order valence-electron chi connectivity index (χ4n) is 2.76. The highest BCUT2D eigenvalue weighted by Crippen LogP contribution is 2.45. The molecule has 0 aliphatic heterocycles. The van der Waals surface area contributed by atoms with E-state index < -0.39 is 5.41 Å². The van der Waals surface area contributed by atoms with Crippen LogP contribution in [0.15, 0.2) is 12.1 Å². The highest BCUT2D eigenvalue weighted by molar-refractivity contribution is 5.79. The van der Waals surface area contributed by atoms with Gasteiger partial charge in [0, 0.05) is 18.8 Å². The van der Waals surface area contributed by atoms with Crippen molar-refractivity contribution in [2.75, 3.05) is 18.1 Å². The van der Waals surface area contributed by atoms with E-state index in [4.69, 9.17) is 5.73 Å². The summed E-state index contributed by atoms with van der Waals surface area (Å²) in [6.07, 6.45) is 4.74. The maximum atomic E-state index is 11.5. The van der Waals surface area contributed by atoms with Gasteiger partial charge in [-0.05, 0) is 24.5 Å². The van der Waals surface area contributed by atoms with Gasteiger partial charge in [-0.2, -0.15) is 0 Å². The van der Waals surface area contributed by atoms with Crippen molar-refractivity contribution in [3.8, 4) is 5.75 Å². The first-order valence-electron chi connectivity index (χ1n) is 5.90. The number of hydrogen-bond donors (Lipinski definition) is 3. The minimum absolute atomic E-state index is 0.107. The number of benzene rings is 1. The van der Waals surface area contributed by atoms with E-state index >= 15 is 0 Å². The third-order valence-corrected chi connectivity index (χ3v) is 3.65. The van der Waals surface area contributed by atoms with Gasteiger partial charge in [-0.15, -0.1) is 0 Å². The van der Waals surface area contributed by atoms with Crippen LogP contribution < -0.4 is 11.1 Å². The molecule has 1 fully saturated rings. The van der Waals surface area contributed by atoms with Crippen LogP contribution in [0.5, 0.6) is 5.75 Å². The van der Waals surface area contributed by atoms with Gasteiger partial charge in [0.15, 0.2) is 0 Å². The molecule has 92 valence electrons. The SMILES string of the molecule is CNc1c(O)cc(N)cc1C1(C=O)CCCC1. The van der Waals surface area contributed by atoms with Crippen LogP contribution >= 0.6 is 0 Å². The zero-order chi connectivity index (χ0) is 12.5. The molecule has 0 atom stereocenters. The van der Waals surface area contributed by atoms with Gasteiger partial charge in [-0.25, -0.2) is 0 Å². The highest BCUT2D eigenvalue weighted by atomic mass is 16.3. The summed E-state index contributed by atoms with van der Waals surface area (Å²) in [5, 5.41) is 12.8. The molecule has 0 saturated heterocycles. The monoisotopic (exact) mass is 234 g/mol. The minimum Gasteiger partial charge on any atom is -0.506 e. The maximum Gasteiger partial charge on any atom is 0.141 e. The molecule has 0 spiro atoms. The molecule has 4 nitrogen and oxygen atoms in total. The van der Waals surface area contributed by atoms with Crippen molar-refractivity contribution in [1.82, 2.24) is 0 Å². The predicted octanol–water partition coefficient (Wildman–Crippen LogP) is 2.03. The van der Waals surface area contributed by atoms with Crippen LogP contribution in [0.2, 0.25) is 0 Å². The molecule has 1 aromatic rings. The maximum absolute atomic E-state index is 11.5. The summed E-state index contributed by atoms with van der Waals surface area (Å²) in [6, 6.07) is 3.30. The third-order valence-electron chi connectivity index (χ3n) is 3.65. The third kappa shape index (κ3) is 1.84. The Bertz CT molecular complexity index is 437. The number of aromatic hydroxyl groups is 1. The number of hydrogen-bond acceptors (Lipinski definition) is 4. The Labute approximate surface area is 101 Å². The summed E-state index contributed by atoms with van der Waals surface area (Å²) in [5.41, 5.74) is 7.21. The number of nitrogens with one attached hydrogen (secondary N) is 1. The van der Waals surface area contributed by atoms with E-state index in [0.29, 0.717) is 11.4 Å². The average molecular weight is 234 g/mol. The van der Waals surface area contributed by atoms with E-state index in [1.807, 2.05) is 0 Å². The Kier molecular flexibility index (Phi) is 2.96. The number of nitrogens with two attached hydrogens (primary N) is 1. The van der Waals surface area contributed by atoms with Gasteiger partial charge in [0.2, 0.25) is 0 Å². The number of rotatable bonds is 3. The van der Waals surface area contributed by atoms with E-state index in [1.54, 1.807) is 13.1 Å². The lowest BCUT2D eigenvalue weighted by Crippen LogP contribution is -2.25. The van der Waals surface area contributed by atoms with Crippen LogP contribution in [0.4, 0.5) is 11.4 Å². The second-order valence-corrected chi connectivity index (χ2v) is 4.69. The largest absolute Gasteiger partial charge is 0.506 e. The number of phenols is 1. The van der Waals surface area contributed by atoms with Crippen molar-refractivity contribution in [3.63, 3.8) is 0 Å². The number of anilines is 2. The lowest BCUT2D eigenvalue weighted by Gasteiger charge is -2.26. The van der Waals surface area contributed by atoms with Crippen molar-refractivity contribution in [3.05, 3.63) is 17.7 Å². The van der Waals surface area contributed by atoms with Gasteiger partial charge in [-0.1, -0.05) is 12.8 Å². The van der Waals surface area contributed by atoms with Crippen LogP contribution in [0, 0.1) is 0 Å². The molecule has 0 amide bonds. The molecule has 1 aliphatic rings. The minimum atomic E-state index is -0.481. The molecular weight excluding hydrogens is 216 g/mol. The van der Waals surface area contributed by atoms with Crippen LogP contribution in [-0.4, -0.2) is 18.4 Å². The summed E-state index contributed by atoms with van der Waals surface area (Å²) in [5.74, 6) is 0.107. The number of nitrogen functional groups attached to an aromatic ring is 1. The van der Waals surface area contributed by atoms with Gasteiger partial charge in [0.1, 0.15) is 12.0 Å². The number of phenolic OH excluding ortho intramolecular Hbond substituents is 1. The quantitative estimate of drug-likeness (QED) is 0.425. The fourth-order valence-corrected chi connectivity index (χ4v) is 2.76. The van der Waals surface area contributed by atoms with Crippen molar-refractivity contribution in [1.29, 1.82) is 0 Å². The second-order valence-electron chi connectivity index (χ2n) is 4.69. The van der Waals surface area contributed by atoms with Gasteiger partial charge < -0.3 is 21.0 Å². The van der Waals surface area contributed by atoms with Crippen molar-refractivity contribution in [2.24, 2.45) is 0 Å². The topological polar surface area (TPSA) is 75.3 Å². The first-order chi connectivity index (χ1) is 8.13. The van der Waals surface area contributed by atoms with E-state index in [9.17, 15) is 9.90 Å². The Morgan fingerprint density at radius 3 is 2.59 bits per heavy atom. The molecule has 1 aromatic carbocycles. The molecule has 17 heavy (non-hydrogen) atoms. The zero-order valence-electron chi connectivity index (χ0n) is 9.99. The van der Waals surface area contributed by atoms with Crippen molar-refractivity contribution < 1.29 is 9.90 Å². The van der Waals surface area contributed by atoms with Crippen LogP contribution in [0.1, 0.15) is 31.2 Å². The standard InChI is InChI=1S/C13H18N2O2/c1-15-12-10(6-9(14)7-11(12)17)13(8-16)4-2-3-5-13/h6-8,15,17H,2-5,14H2,1H3. The van der Waals surface area contributed by atoms with Crippen LogP contribution in [0.3, 0.4) is 0 Å². The smallest absolute Gasteiger partial charge is 0.141 e. The normalized spacial score (nSPS) is 17.9. The average Bonchev–Trinajstić information content (AvgIpc) is 2.77. The number of aldehydes is 1. The Morgan fingerprint density at radius 2 is 2.06 bits per heavy atom. The van der Waals surface area contributed by atoms with Gasteiger partial charge in [-0.3, -0.25) is 0 Å². The first-order valence-corrected chi connectivity index (χ1v) is 5.90. The van der Waals surface area contributed by atoms with Gasteiger partial charge >= 0.3 is 0 Å². The van der Waals surface area contributed by atoms with E-state index in [0.717, 1.165) is 37.5 Å². The first kappa shape index (κ1) is 11.8. The molecule has 4 heteroatoms. The lowest BCUT2D eigenvalue weighted by atomic mass is 9.79. The van der Waals surface area contributed by atoms with Gasteiger partial charge in [0.05, 0.1) is 11.1 Å². The molecule has 0 heterocycles. The fraction of sp³-hybridized carbons (Fsp3) is 0.462. The summed E-state index contributed by atoms with van der Waals surface area (Å²) in [6.45, 7) is 0. The molecule has 0 radical (unpaired) electrons. The zero-order valence-corrected chi connectivity index (χ0v) is 9.99. The van der Waals surface area contributed by atoms with E-state index in [2.05, 4.69) is 5.32 Å². The lowest BCUT2D eigenvalue weighted by molar-refractivity contribution is -0.112. The number of carbonyl (C=O) groups is 1. The molecule has 0 aromatic heterocycles. The van der Waals surface area contributed by atoms with Crippen molar-refractivity contribution >= 4 is 17.7 Å². The molecule has 0 unspecified atom stereocenters. The molecule has 0 bridgehead atoms. The summed E-state index contributed by atoms with van der Waals surface area (Å²) >= 11 is 0. The molecule has 4 N–H and O–H groups in total. The Morgan fingerprint density at radius 1 is 1.41 bits per heavy atom. The summed E-state index contributed by atoms with van der Waals surface area (Å²) < 4.78 is 0. The Balaban J connectivity index is 2.60. The predicted molar refractivity (Wildman–Crippen MR) is 68.3 cm³/mol. The van der Waals surface area contributed by atoms with Crippen molar-refractivity contribution in [2.45, 2.75) is 31.1 Å². The molecular formula is C13H18N2O2. The summed E-state index contributed by atoms with van der Waals surface area (Å²) in [7, 11) is 1.74. The molecule has 1 aliphatic carbocycles. The van der Waals surface area contributed by atoms with E-state index in [1.165, 1.54) is 6.07 Å². The van der Waals surface area contributed by atoms with Crippen LogP contribution in [-0.2, 0) is 10.2 Å². The second kappa shape index (κ2) is 4.28. The highest BCUT2D eigenvalue weighted by Gasteiger charge is 2.38.